The molecule has 0 unspecified atom stereocenters. The van der Waals surface area contributed by atoms with Crippen LogP contribution in [0.5, 0.6) is 0 Å². The standard InChI is InChI=1S/C18H21N3OS2/c1-11-7-8-23-14(11)9-21(2)10-15-19-17(22)16-12-5-3-4-6-13(12)24-18(16)20-15/h7-8H,3-6,9-10H2,1-2H3,(H,19,20,22). The van der Waals surface area contributed by atoms with Gasteiger partial charge in [0.15, 0.2) is 0 Å². The predicted octanol–water partition coefficient (Wildman–Crippen LogP) is 3.87. The fourth-order valence-electron chi connectivity index (χ4n) is 3.41. The summed E-state index contributed by atoms with van der Waals surface area (Å²) in [4.78, 5) is 26.2. The number of aromatic nitrogens is 2. The summed E-state index contributed by atoms with van der Waals surface area (Å²) in [6.07, 6.45) is 4.54. The normalized spacial score (nSPS) is 14.5. The third kappa shape index (κ3) is 2.94. The molecular weight excluding hydrogens is 338 g/mol. The van der Waals surface area contributed by atoms with E-state index in [1.807, 2.05) is 0 Å². The Bertz CT molecular complexity index is 938. The molecule has 0 saturated heterocycles. The Labute approximate surface area is 149 Å². The van der Waals surface area contributed by atoms with Crippen molar-refractivity contribution < 1.29 is 0 Å². The van der Waals surface area contributed by atoms with Crippen LogP contribution in [0, 0.1) is 6.92 Å². The van der Waals surface area contributed by atoms with Gasteiger partial charge >= 0.3 is 0 Å². The molecule has 3 aromatic rings. The smallest absolute Gasteiger partial charge is 0.259 e. The van der Waals surface area contributed by atoms with Crippen LogP contribution < -0.4 is 5.56 Å². The van der Waals surface area contributed by atoms with Crippen molar-refractivity contribution in [3.05, 3.63) is 48.5 Å². The van der Waals surface area contributed by atoms with E-state index in [1.54, 1.807) is 22.7 Å². The zero-order valence-electron chi connectivity index (χ0n) is 14.0. The molecule has 0 fully saturated rings. The first-order chi connectivity index (χ1) is 11.6. The number of nitrogens with one attached hydrogen (secondary N) is 1. The van der Waals surface area contributed by atoms with Crippen molar-refractivity contribution in [2.75, 3.05) is 7.05 Å². The topological polar surface area (TPSA) is 49.0 Å². The van der Waals surface area contributed by atoms with E-state index in [0.29, 0.717) is 6.54 Å². The molecule has 1 N–H and O–H groups in total. The summed E-state index contributed by atoms with van der Waals surface area (Å²) >= 11 is 3.50. The van der Waals surface area contributed by atoms with Gasteiger partial charge in [-0.25, -0.2) is 4.98 Å². The highest BCUT2D eigenvalue weighted by atomic mass is 32.1. The summed E-state index contributed by atoms with van der Waals surface area (Å²) in [7, 11) is 2.07. The number of H-pyrrole nitrogens is 1. The van der Waals surface area contributed by atoms with Crippen molar-refractivity contribution >= 4 is 32.9 Å². The van der Waals surface area contributed by atoms with Crippen molar-refractivity contribution in [1.29, 1.82) is 0 Å². The number of thiophene rings is 2. The van der Waals surface area contributed by atoms with Crippen LogP contribution in [0.3, 0.4) is 0 Å². The molecule has 1 aliphatic carbocycles. The Morgan fingerprint density at radius 3 is 2.92 bits per heavy atom. The molecule has 6 heteroatoms. The van der Waals surface area contributed by atoms with Gasteiger partial charge in [0.1, 0.15) is 10.7 Å². The molecule has 24 heavy (non-hydrogen) atoms. The maximum Gasteiger partial charge on any atom is 0.259 e. The van der Waals surface area contributed by atoms with Crippen molar-refractivity contribution in [2.45, 2.75) is 45.7 Å². The van der Waals surface area contributed by atoms with Crippen molar-refractivity contribution in [1.82, 2.24) is 14.9 Å². The maximum atomic E-state index is 12.6. The first-order valence-corrected chi connectivity index (χ1v) is 10.1. The van der Waals surface area contributed by atoms with Gasteiger partial charge in [-0.15, -0.1) is 22.7 Å². The number of hydrogen-bond donors (Lipinski definition) is 1. The lowest BCUT2D eigenvalue weighted by Gasteiger charge is -2.15. The van der Waals surface area contributed by atoms with Gasteiger partial charge in [-0.1, -0.05) is 0 Å². The molecule has 0 radical (unpaired) electrons. The van der Waals surface area contributed by atoms with Gasteiger partial charge in [-0.3, -0.25) is 9.69 Å². The summed E-state index contributed by atoms with van der Waals surface area (Å²) in [5.41, 5.74) is 2.62. The molecule has 0 aromatic carbocycles. The minimum Gasteiger partial charge on any atom is -0.309 e. The molecule has 0 bridgehead atoms. The summed E-state index contributed by atoms with van der Waals surface area (Å²) in [5, 5.41) is 2.97. The third-order valence-electron chi connectivity index (χ3n) is 4.68. The summed E-state index contributed by atoms with van der Waals surface area (Å²) in [6.45, 7) is 3.68. The predicted molar refractivity (Wildman–Crippen MR) is 101 cm³/mol. The highest BCUT2D eigenvalue weighted by Crippen LogP contribution is 2.33. The van der Waals surface area contributed by atoms with E-state index in [9.17, 15) is 4.79 Å². The van der Waals surface area contributed by atoms with Gasteiger partial charge in [0, 0.05) is 16.3 Å². The lowest BCUT2D eigenvalue weighted by Crippen LogP contribution is -2.21. The highest BCUT2D eigenvalue weighted by molar-refractivity contribution is 7.18. The Morgan fingerprint density at radius 2 is 2.12 bits per heavy atom. The summed E-state index contributed by atoms with van der Waals surface area (Å²) in [6, 6.07) is 2.15. The lowest BCUT2D eigenvalue weighted by molar-refractivity contribution is 0.313. The fourth-order valence-corrected chi connectivity index (χ4v) is 5.67. The number of rotatable bonds is 4. The third-order valence-corrected chi connectivity index (χ3v) is 6.87. The monoisotopic (exact) mass is 359 g/mol. The van der Waals surface area contributed by atoms with E-state index in [1.165, 1.54) is 33.7 Å². The zero-order chi connectivity index (χ0) is 16.7. The second-order valence-corrected chi connectivity index (χ2v) is 8.69. The lowest BCUT2D eigenvalue weighted by atomic mass is 9.97. The molecule has 3 heterocycles. The first kappa shape index (κ1) is 16.0. The second-order valence-electron chi connectivity index (χ2n) is 6.60. The largest absolute Gasteiger partial charge is 0.309 e. The van der Waals surface area contributed by atoms with E-state index in [4.69, 9.17) is 4.98 Å². The molecule has 4 nitrogen and oxygen atoms in total. The van der Waals surface area contributed by atoms with Crippen LogP contribution in [0.2, 0.25) is 0 Å². The maximum absolute atomic E-state index is 12.6. The van der Waals surface area contributed by atoms with Gasteiger partial charge in [0.25, 0.3) is 5.56 Å². The molecule has 0 aliphatic heterocycles. The molecule has 3 aromatic heterocycles. The van der Waals surface area contributed by atoms with E-state index in [2.05, 4.69) is 35.3 Å². The van der Waals surface area contributed by atoms with Crippen molar-refractivity contribution in [3.8, 4) is 0 Å². The Hall–Kier alpha value is -1.50. The van der Waals surface area contributed by atoms with E-state index < -0.39 is 0 Å². The molecule has 0 amide bonds. The van der Waals surface area contributed by atoms with Crippen LogP contribution in [0.4, 0.5) is 0 Å². The quantitative estimate of drug-likeness (QED) is 0.769. The number of fused-ring (bicyclic) bond motifs is 3. The molecule has 1 aliphatic rings. The fraction of sp³-hybridized carbons (Fsp3) is 0.444. The molecule has 126 valence electrons. The van der Waals surface area contributed by atoms with Gasteiger partial charge in [-0.05, 0) is 62.2 Å². The average Bonchev–Trinajstić information content (AvgIpc) is 3.10. The highest BCUT2D eigenvalue weighted by Gasteiger charge is 2.20. The van der Waals surface area contributed by atoms with Crippen LogP contribution in [-0.2, 0) is 25.9 Å². The Morgan fingerprint density at radius 1 is 1.29 bits per heavy atom. The van der Waals surface area contributed by atoms with Crippen LogP contribution in [0.25, 0.3) is 10.2 Å². The molecule has 0 saturated carbocycles. The van der Waals surface area contributed by atoms with Crippen LogP contribution in [-0.4, -0.2) is 21.9 Å². The second kappa shape index (κ2) is 6.43. The minimum absolute atomic E-state index is 0.0371. The van der Waals surface area contributed by atoms with Gasteiger partial charge in [0.2, 0.25) is 0 Å². The summed E-state index contributed by atoms with van der Waals surface area (Å²) in [5.74, 6) is 0.766. The number of aromatic amines is 1. The number of nitrogens with zero attached hydrogens (tertiary/aromatic N) is 2. The molecule has 0 spiro atoms. The minimum atomic E-state index is 0.0371. The SMILES string of the molecule is Cc1ccsc1CN(C)Cc1nc2sc3c(c2c(=O)[nH]1)CCCC3. The van der Waals surface area contributed by atoms with E-state index in [0.717, 1.165) is 35.4 Å². The van der Waals surface area contributed by atoms with E-state index >= 15 is 0 Å². The van der Waals surface area contributed by atoms with Crippen LogP contribution in [0.1, 0.15) is 39.5 Å². The van der Waals surface area contributed by atoms with Crippen LogP contribution >= 0.6 is 22.7 Å². The van der Waals surface area contributed by atoms with Gasteiger partial charge < -0.3 is 4.98 Å². The van der Waals surface area contributed by atoms with Gasteiger partial charge in [-0.2, -0.15) is 0 Å². The van der Waals surface area contributed by atoms with Crippen LogP contribution in [0.15, 0.2) is 16.2 Å². The zero-order valence-corrected chi connectivity index (χ0v) is 15.6. The number of hydrogen-bond acceptors (Lipinski definition) is 5. The molecule has 4 rings (SSSR count). The van der Waals surface area contributed by atoms with Crippen molar-refractivity contribution in [3.63, 3.8) is 0 Å². The number of aryl methyl sites for hydroxylation is 3. The Kier molecular flexibility index (Phi) is 4.28. The van der Waals surface area contributed by atoms with Gasteiger partial charge in [0.05, 0.1) is 11.9 Å². The average molecular weight is 360 g/mol. The first-order valence-electron chi connectivity index (χ1n) is 8.37. The Balaban J connectivity index is 1.61. The van der Waals surface area contributed by atoms with Crippen molar-refractivity contribution in [2.24, 2.45) is 0 Å². The molecular formula is C18H21N3OS2. The summed E-state index contributed by atoms with van der Waals surface area (Å²) < 4.78 is 0. The van der Waals surface area contributed by atoms with E-state index in [-0.39, 0.29) is 5.56 Å². The molecule has 0 atom stereocenters.